The van der Waals surface area contributed by atoms with Crippen molar-refractivity contribution in [3.8, 4) is 0 Å². The Morgan fingerprint density at radius 1 is 1.47 bits per heavy atom. The first-order valence-corrected chi connectivity index (χ1v) is 6.49. The predicted octanol–water partition coefficient (Wildman–Crippen LogP) is -0.267. The molecule has 0 aromatic heterocycles. The van der Waals surface area contributed by atoms with Gasteiger partial charge in [-0.3, -0.25) is 4.90 Å². The standard InChI is InChI=1S/C10H21NO3S/c1-8(6-13)7-15-9-2-3-11(4-5-12)10(9)14/h8-10,12-14H,2-7H2,1H3/t8?,9?,10-/m0/s1. The number of aliphatic hydroxyl groups excluding tert-OH is 3. The van der Waals surface area contributed by atoms with Crippen LogP contribution in [0, 0.1) is 5.92 Å². The lowest BCUT2D eigenvalue weighted by Crippen LogP contribution is -2.35. The van der Waals surface area contributed by atoms with Crippen molar-refractivity contribution in [3.05, 3.63) is 0 Å². The van der Waals surface area contributed by atoms with Crippen molar-refractivity contribution in [1.29, 1.82) is 0 Å². The Labute approximate surface area is 95.3 Å². The number of likely N-dealkylation sites (tertiary alicyclic amines) is 1. The second kappa shape index (κ2) is 6.70. The van der Waals surface area contributed by atoms with Crippen LogP contribution in [-0.4, -0.2) is 63.8 Å². The Bertz CT molecular complexity index is 182. The van der Waals surface area contributed by atoms with Gasteiger partial charge in [-0.25, -0.2) is 0 Å². The van der Waals surface area contributed by atoms with E-state index in [1.165, 1.54) is 0 Å². The van der Waals surface area contributed by atoms with E-state index < -0.39 is 6.23 Å². The van der Waals surface area contributed by atoms with Crippen molar-refractivity contribution < 1.29 is 15.3 Å². The Hall–Kier alpha value is 0.190. The molecule has 0 aromatic rings. The third kappa shape index (κ3) is 3.92. The van der Waals surface area contributed by atoms with Crippen molar-refractivity contribution in [2.24, 2.45) is 5.92 Å². The second-order valence-corrected chi connectivity index (χ2v) is 5.39. The average Bonchev–Trinajstić information content (AvgIpc) is 2.58. The largest absolute Gasteiger partial charge is 0.396 e. The van der Waals surface area contributed by atoms with Crippen LogP contribution in [0.3, 0.4) is 0 Å². The highest BCUT2D eigenvalue weighted by Gasteiger charge is 2.32. The summed E-state index contributed by atoms with van der Waals surface area (Å²) in [4.78, 5) is 1.90. The van der Waals surface area contributed by atoms with Crippen LogP contribution in [0.2, 0.25) is 0 Å². The maximum atomic E-state index is 9.90. The molecule has 1 aliphatic rings. The number of hydrogen-bond acceptors (Lipinski definition) is 5. The number of hydrogen-bond donors (Lipinski definition) is 3. The molecular formula is C10H21NO3S. The number of nitrogens with zero attached hydrogens (tertiary/aromatic N) is 1. The van der Waals surface area contributed by atoms with E-state index in [-0.39, 0.29) is 24.4 Å². The van der Waals surface area contributed by atoms with Gasteiger partial charge in [0, 0.05) is 24.9 Å². The van der Waals surface area contributed by atoms with Gasteiger partial charge in [-0.15, -0.1) is 0 Å². The molecular weight excluding hydrogens is 214 g/mol. The fourth-order valence-electron chi connectivity index (χ4n) is 1.69. The lowest BCUT2D eigenvalue weighted by Gasteiger charge is -2.22. The zero-order chi connectivity index (χ0) is 11.3. The summed E-state index contributed by atoms with van der Waals surface area (Å²) in [6, 6.07) is 0. The minimum Gasteiger partial charge on any atom is -0.396 e. The van der Waals surface area contributed by atoms with Gasteiger partial charge in [-0.1, -0.05) is 6.92 Å². The van der Waals surface area contributed by atoms with Gasteiger partial charge in [0.05, 0.1) is 6.61 Å². The second-order valence-electron chi connectivity index (χ2n) is 4.12. The average molecular weight is 235 g/mol. The summed E-state index contributed by atoms with van der Waals surface area (Å²) in [5.74, 6) is 1.17. The monoisotopic (exact) mass is 235 g/mol. The fourth-order valence-corrected chi connectivity index (χ4v) is 2.99. The van der Waals surface area contributed by atoms with Crippen LogP contribution in [0.25, 0.3) is 0 Å². The Morgan fingerprint density at radius 3 is 2.80 bits per heavy atom. The maximum absolute atomic E-state index is 9.90. The molecule has 5 heteroatoms. The molecule has 1 saturated heterocycles. The molecule has 1 fully saturated rings. The maximum Gasteiger partial charge on any atom is 0.119 e. The number of β-amino-alcohol motifs (C(OH)–C–C–N with tert-alkyl or cyclic N) is 1. The van der Waals surface area contributed by atoms with E-state index in [9.17, 15) is 5.11 Å². The number of rotatable bonds is 6. The van der Waals surface area contributed by atoms with Gasteiger partial charge in [-0.2, -0.15) is 11.8 Å². The molecule has 3 N–H and O–H groups in total. The zero-order valence-corrected chi connectivity index (χ0v) is 9.99. The minimum absolute atomic E-state index is 0.0987. The molecule has 3 atom stereocenters. The van der Waals surface area contributed by atoms with Gasteiger partial charge in [0.25, 0.3) is 0 Å². The third-order valence-corrected chi connectivity index (χ3v) is 4.37. The van der Waals surface area contributed by atoms with Crippen molar-refractivity contribution in [2.75, 3.05) is 32.1 Å². The van der Waals surface area contributed by atoms with E-state index in [0.717, 1.165) is 18.7 Å². The first-order valence-electron chi connectivity index (χ1n) is 5.44. The van der Waals surface area contributed by atoms with E-state index in [4.69, 9.17) is 10.2 Å². The van der Waals surface area contributed by atoms with Gasteiger partial charge >= 0.3 is 0 Å². The van der Waals surface area contributed by atoms with Crippen LogP contribution in [0.4, 0.5) is 0 Å². The summed E-state index contributed by atoms with van der Waals surface area (Å²) >= 11 is 1.72. The molecule has 0 amide bonds. The van der Waals surface area contributed by atoms with Crippen molar-refractivity contribution in [1.82, 2.24) is 4.90 Å². The Morgan fingerprint density at radius 2 is 2.20 bits per heavy atom. The van der Waals surface area contributed by atoms with E-state index in [0.29, 0.717) is 6.54 Å². The highest BCUT2D eigenvalue weighted by atomic mass is 32.2. The summed E-state index contributed by atoms with van der Waals surface area (Å²) in [7, 11) is 0. The highest BCUT2D eigenvalue weighted by Crippen LogP contribution is 2.28. The van der Waals surface area contributed by atoms with Crippen LogP contribution in [0.1, 0.15) is 13.3 Å². The summed E-state index contributed by atoms with van der Waals surface area (Å²) in [5, 5.41) is 27.8. The first-order chi connectivity index (χ1) is 7.19. The molecule has 4 nitrogen and oxygen atoms in total. The number of aliphatic hydroxyl groups is 3. The molecule has 0 aliphatic carbocycles. The molecule has 1 rings (SSSR count). The fraction of sp³-hybridized carbons (Fsp3) is 1.00. The lowest BCUT2D eigenvalue weighted by molar-refractivity contribution is 0.0307. The van der Waals surface area contributed by atoms with E-state index in [1.807, 2.05) is 11.8 Å². The summed E-state index contributed by atoms with van der Waals surface area (Å²) in [6.45, 7) is 3.71. The molecule has 2 unspecified atom stereocenters. The molecule has 1 heterocycles. The lowest BCUT2D eigenvalue weighted by atomic mass is 10.2. The predicted molar refractivity (Wildman–Crippen MR) is 61.8 cm³/mol. The van der Waals surface area contributed by atoms with Crippen LogP contribution >= 0.6 is 11.8 Å². The van der Waals surface area contributed by atoms with Gasteiger partial charge in [0.1, 0.15) is 6.23 Å². The summed E-state index contributed by atoms with van der Waals surface area (Å²) < 4.78 is 0. The van der Waals surface area contributed by atoms with Crippen LogP contribution in [0.15, 0.2) is 0 Å². The quantitative estimate of drug-likeness (QED) is 0.592. The molecule has 0 saturated carbocycles. The summed E-state index contributed by atoms with van der Waals surface area (Å²) in [6.07, 6.45) is 0.525. The molecule has 1 aliphatic heterocycles. The molecule has 0 bridgehead atoms. The Kier molecular flexibility index (Phi) is 5.92. The van der Waals surface area contributed by atoms with Crippen LogP contribution in [0.5, 0.6) is 0 Å². The normalized spacial score (nSPS) is 29.6. The smallest absolute Gasteiger partial charge is 0.119 e. The third-order valence-electron chi connectivity index (χ3n) is 2.70. The SMILES string of the molecule is CC(CO)CSC1CCN(CCO)[C@H]1O. The van der Waals surface area contributed by atoms with Gasteiger partial charge in [0.15, 0.2) is 0 Å². The topological polar surface area (TPSA) is 63.9 Å². The van der Waals surface area contributed by atoms with Crippen molar-refractivity contribution >= 4 is 11.8 Å². The van der Waals surface area contributed by atoms with Crippen LogP contribution < -0.4 is 0 Å². The molecule has 0 aromatic carbocycles. The van der Waals surface area contributed by atoms with E-state index in [1.54, 1.807) is 11.8 Å². The van der Waals surface area contributed by atoms with E-state index >= 15 is 0 Å². The summed E-state index contributed by atoms with van der Waals surface area (Å²) in [5.41, 5.74) is 0. The molecule has 90 valence electrons. The highest BCUT2D eigenvalue weighted by molar-refractivity contribution is 7.99. The van der Waals surface area contributed by atoms with Crippen molar-refractivity contribution in [2.45, 2.75) is 24.8 Å². The van der Waals surface area contributed by atoms with Gasteiger partial charge in [0.2, 0.25) is 0 Å². The Balaban J connectivity index is 2.26. The number of thioether (sulfide) groups is 1. The first kappa shape index (κ1) is 13.3. The molecule has 0 spiro atoms. The molecule has 15 heavy (non-hydrogen) atoms. The van der Waals surface area contributed by atoms with E-state index in [2.05, 4.69) is 0 Å². The van der Waals surface area contributed by atoms with Gasteiger partial charge < -0.3 is 15.3 Å². The van der Waals surface area contributed by atoms with Crippen molar-refractivity contribution in [3.63, 3.8) is 0 Å². The van der Waals surface area contributed by atoms with Gasteiger partial charge in [-0.05, 0) is 18.1 Å². The minimum atomic E-state index is -0.437. The van der Waals surface area contributed by atoms with Crippen LogP contribution in [-0.2, 0) is 0 Å². The molecule has 0 radical (unpaired) electrons. The zero-order valence-electron chi connectivity index (χ0n) is 9.17.